The Balaban J connectivity index is 1.67. The van der Waals surface area contributed by atoms with Crippen molar-refractivity contribution in [1.29, 1.82) is 0 Å². The van der Waals surface area contributed by atoms with Gasteiger partial charge in [-0.05, 0) is 56.7 Å². The molecule has 0 amide bonds. The van der Waals surface area contributed by atoms with E-state index in [4.69, 9.17) is 4.74 Å². The van der Waals surface area contributed by atoms with Gasteiger partial charge in [-0.2, -0.15) is 5.10 Å². The van der Waals surface area contributed by atoms with Crippen molar-refractivity contribution in [3.63, 3.8) is 0 Å². The van der Waals surface area contributed by atoms with Crippen molar-refractivity contribution in [2.45, 2.75) is 33.4 Å². The summed E-state index contributed by atoms with van der Waals surface area (Å²) in [6.07, 6.45) is 1.84. The Bertz CT molecular complexity index is 858. The van der Waals surface area contributed by atoms with Gasteiger partial charge in [-0.15, -0.1) is 0 Å². The van der Waals surface area contributed by atoms with Gasteiger partial charge < -0.3 is 10.1 Å². The molecule has 5 heteroatoms. The first-order valence-electron chi connectivity index (χ1n) is 8.84. The fourth-order valence-corrected chi connectivity index (χ4v) is 2.97. The quantitative estimate of drug-likeness (QED) is 0.676. The van der Waals surface area contributed by atoms with E-state index in [0.29, 0.717) is 6.61 Å². The Hall–Kier alpha value is -2.66. The van der Waals surface area contributed by atoms with Crippen LogP contribution in [0.1, 0.15) is 36.7 Å². The first kappa shape index (κ1) is 18.1. The van der Waals surface area contributed by atoms with Crippen molar-refractivity contribution in [3.8, 4) is 11.4 Å². The van der Waals surface area contributed by atoms with E-state index in [-0.39, 0.29) is 11.9 Å². The van der Waals surface area contributed by atoms with E-state index in [1.54, 1.807) is 10.7 Å². The van der Waals surface area contributed by atoms with E-state index in [1.807, 2.05) is 38.2 Å². The van der Waals surface area contributed by atoms with E-state index < -0.39 is 0 Å². The topological polar surface area (TPSA) is 39.1 Å². The molecule has 0 aliphatic heterocycles. The standard InChI is InChI=1S/C21H24FN3O/c1-4-26-20-10-8-17(9-11-20)13-23-15(2)21-14-24-25(16(21)3)19-7-5-6-18(22)12-19/h5-12,14-15,23H,4,13H2,1-3H3/t15-/m1/s1. The summed E-state index contributed by atoms with van der Waals surface area (Å²) < 4.78 is 20.7. The number of hydrogen-bond acceptors (Lipinski definition) is 3. The molecule has 26 heavy (non-hydrogen) atoms. The minimum absolute atomic E-state index is 0.129. The summed E-state index contributed by atoms with van der Waals surface area (Å²) in [5.41, 5.74) is 4.02. The zero-order chi connectivity index (χ0) is 18.5. The third kappa shape index (κ3) is 4.11. The molecule has 2 aromatic carbocycles. The second-order valence-corrected chi connectivity index (χ2v) is 6.26. The maximum absolute atomic E-state index is 13.5. The molecular formula is C21H24FN3O. The molecule has 3 aromatic rings. The average Bonchev–Trinajstić information content (AvgIpc) is 3.03. The molecule has 0 saturated carbocycles. The Labute approximate surface area is 153 Å². The van der Waals surface area contributed by atoms with Crippen LogP contribution >= 0.6 is 0 Å². The lowest BCUT2D eigenvalue weighted by Crippen LogP contribution is -2.18. The number of aromatic nitrogens is 2. The van der Waals surface area contributed by atoms with Gasteiger partial charge in [-0.1, -0.05) is 18.2 Å². The van der Waals surface area contributed by atoms with Crippen LogP contribution in [-0.2, 0) is 6.54 Å². The van der Waals surface area contributed by atoms with Crippen molar-refractivity contribution < 1.29 is 9.13 Å². The van der Waals surface area contributed by atoms with Gasteiger partial charge in [-0.25, -0.2) is 9.07 Å². The predicted molar refractivity (Wildman–Crippen MR) is 101 cm³/mol. The van der Waals surface area contributed by atoms with Crippen LogP contribution in [0.25, 0.3) is 5.69 Å². The van der Waals surface area contributed by atoms with Crippen LogP contribution in [0.15, 0.2) is 54.7 Å². The molecule has 0 radical (unpaired) electrons. The lowest BCUT2D eigenvalue weighted by atomic mass is 10.1. The van der Waals surface area contributed by atoms with Gasteiger partial charge in [0.2, 0.25) is 0 Å². The van der Waals surface area contributed by atoms with Crippen molar-refractivity contribution in [3.05, 3.63) is 77.4 Å². The Morgan fingerprint density at radius 3 is 2.65 bits per heavy atom. The van der Waals surface area contributed by atoms with Crippen LogP contribution in [0, 0.1) is 12.7 Å². The molecule has 4 nitrogen and oxygen atoms in total. The maximum atomic E-state index is 13.5. The summed E-state index contributed by atoms with van der Waals surface area (Å²) >= 11 is 0. The van der Waals surface area contributed by atoms with Gasteiger partial charge in [0.05, 0.1) is 18.5 Å². The zero-order valence-corrected chi connectivity index (χ0v) is 15.4. The Morgan fingerprint density at radius 2 is 1.96 bits per heavy atom. The molecule has 0 aliphatic carbocycles. The second kappa shape index (κ2) is 8.15. The fourth-order valence-electron chi connectivity index (χ4n) is 2.97. The predicted octanol–water partition coefficient (Wildman–Crippen LogP) is 4.57. The van der Waals surface area contributed by atoms with E-state index >= 15 is 0 Å². The van der Waals surface area contributed by atoms with Gasteiger partial charge >= 0.3 is 0 Å². The molecule has 1 atom stereocenters. The first-order valence-corrected chi connectivity index (χ1v) is 8.84. The minimum atomic E-state index is -0.263. The normalized spacial score (nSPS) is 12.2. The maximum Gasteiger partial charge on any atom is 0.125 e. The highest BCUT2D eigenvalue weighted by Gasteiger charge is 2.14. The fraction of sp³-hybridized carbons (Fsp3) is 0.286. The van der Waals surface area contributed by atoms with Crippen molar-refractivity contribution in [2.24, 2.45) is 0 Å². The molecule has 0 aliphatic rings. The van der Waals surface area contributed by atoms with Gasteiger partial charge in [0.1, 0.15) is 11.6 Å². The van der Waals surface area contributed by atoms with Gasteiger partial charge in [0.15, 0.2) is 0 Å². The van der Waals surface area contributed by atoms with Crippen LogP contribution in [-0.4, -0.2) is 16.4 Å². The summed E-state index contributed by atoms with van der Waals surface area (Å²) in [5.74, 6) is 0.622. The summed E-state index contributed by atoms with van der Waals surface area (Å²) in [5, 5.41) is 7.94. The highest BCUT2D eigenvalue weighted by atomic mass is 19.1. The van der Waals surface area contributed by atoms with Gasteiger partial charge in [-0.3, -0.25) is 0 Å². The average molecular weight is 353 g/mol. The monoisotopic (exact) mass is 353 g/mol. The first-order chi connectivity index (χ1) is 12.6. The largest absolute Gasteiger partial charge is 0.494 e. The number of hydrogen-bond donors (Lipinski definition) is 1. The zero-order valence-electron chi connectivity index (χ0n) is 15.4. The molecule has 0 fully saturated rings. The summed E-state index contributed by atoms with van der Waals surface area (Å²) in [6, 6.07) is 14.7. The van der Waals surface area contributed by atoms with Crippen molar-refractivity contribution in [1.82, 2.24) is 15.1 Å². The lowest BCUT2D eigenvalue weighted by Gasteiger charge is -2.14. The summed E-state index contributed by atoms with van der Waals surface area (Å²) in [4.78, 5) is 0. The van der Waals surface area contributed by atoms with Gasteiger partial charge in [0, 0.05) is 23.8 Å². The van der Waals surface area contributed by atoms with Gasteiger partial charge in [0.25, 0.3) is 0 Å². The van der Waals surface area contributed by atoms with Crippen molar-refractivity contribution >= 4 is 0 Å². The summed E-state index contributed by atoms with van der Waals surface area (Å²) in [7, 11) is 0. The number of ether oxygens (including phenoxy) is 1. The minimum Gasteiger partial charge on any atom is -0.494 e. The van der Waals surface area contributed by atoms with Crippen LogP contribution in [0.5, 0.6) is 5.75 Å². The van der Waals surface area contributed by atoms with E-state index in [0.717, 1.165) is 29.2 Å². The molecule has 0 unspecified atom stereocenters. The number of nitrogens with zero attached hydrogens (tertiary/aromatic N) is 2. The van der Waals surface area contributed by atoms with Crippen LogP contribution in [0.4, 0.5) is 4.39 Å². The molecule has 0 saturated heterocycles. The van der Waals surface area contributed by atoms with Crippen LogP contribution in [0.3, 0.4) is 0 Å². The van der Waals surface area contributed by atoms with Crippen molar-refractivity contribution in [2.75, 3.05) is 6.61 Å². The Morgan fingerprint density at radius 1 is 1.19 bits per heavy atom. The third-order valence-corrected chi connectivity index (χ3v) is 4.41. The second-order valence-electron chi connectivity index (χ2n) is 6.26. The Kier molecular flexibility index (Phi) is 5.68. The molecule has 1 aromatic heterocycles. The molecule has 0 spiro atoms. The van der Waals surface area contributed by atoms with E-state index in [2.05, 4.69) is 29.5 Å². The third-order valence-electron chi connectivity index (χ3n) is 4.41. The van der Waals surface area contributed by atoms with Crippen LogP contribution in [0.2, 0.25) is 0 Å². The number of benzene rings is 2. The molecule has 1 N–H and O–H groups in total. The summed E-state index contributed by atoms with van der Waals surface area (Å²) in [6.45, 7) is 7.50. The smallest absolute Gasteiger partial charge is 0.125 e. The molecule has 0 bridgehead atoms. The van der Waals surface area contributed by atoms with E-state index in [9.17, 15) is 4.39 Å². The highest BCUT2D eigenvalue weighted by molar-refractivity contribution is 5.36. The molecule has 136 valence electrons. The number of halogens is 1. The highest BCUT2D eigenvalue weighted by Crippen LogP contribution is 2.21. The molecular weight excluding hydrogens is 329 g/mol. The molecule has 3 rings (SSSR count). The van der Waals surface area contributed by atoms with Crippen LogP contribution < -0.4 is 10.1 Å². The SMILES string of the molecule is CCOc1ccc(CN[C@H](C)c2cnn(-c3cccc(F)c3)c2C)cc1. The number of rotatable bonds is 7. The van der Waals surface area contributed by atoms with E-state index in [1.165, 1.54) is 17.7 Å². The number of nitrogens with one attached hydrogen (secondary N) is 1. The molecule has 1 heterocycles. The lowest BCUT2D eigenvalue weighted by molar-refractivity contribution is 0.340.